The maximum Gasteiger partial charge on any atom is 0.335 e. The Morgan fingerprint density at radius 2 is 1.18 bits per heavy atom. The van der Waals surface area contributed by atoms with Crippen LogP contribution in [0.15, 0.2) is 109 Å². The minimum absolute atomic E-state index is 0.164. The molecular formula is C44H33N7O22S4. The van der Waals surface area contributed by atoms with Gasteiger partial charge in [0, 0.05) is 35.2 Å². The van der Waals surface area contributed by atoms with Crippen LogP contribution >= 0.6 is 0 Å². The van der Waals surface area contributed by atoms with Crippen LogP contribution in [0.2, 0.25) is 0 Å². The number of hydrogen-bond acceptors (Lipinski definition) is 22. The summed E-state index contributed by atoms with van der Waals surface area (Å²) in [4.78, 5) is 77.6. The van der Waals surface area contributed by atoms with Crippen molar-refractivity contribution < 1.29 is 96.2 Å². The van der Waals surface area contributed by atoms with Gasteiger partial charge in [-0.15, -0.1) is 0 Å². The van der Waals surface area contributed by atoms with Crippen molar-refractivity contribution in [1.82, 2.24) is 19.9 Å². The number of anilines is 5. The number of carboxylic acids is 2. The Morgan fingerprint density at radius 1 is 0.597 bits per heavy atom. The summed E-state index contributed by atoms with van der Waals surface area (Å²) in [5.41, 5.74) is -9.19. The summed E-state index contributed by atoms with van der Waals surface area (Å²) >= 11 is 0. The Balaban J connectivity index is 1.39. The highest BCUT2D eigenvalue weighted by atomic mass is 32.2. The van der Waals surface area contributed by atoms with E-state index in [1.807, 2.05) is 0 Å². The van der Waals surface area contributed by atoms with Gasteiger partial charge in [0.2, 0.25) is 11.9 Å². The maximum absolute atomic E-state index is 14.7. The fourth-order valence-electron chi connectivity index (χ4n) is 8.05. The number of carbonyl (C=O) groups is 4. The zero-order chi connectivity index (χ0) is 56.3. The van der Waals surface area contributed by atoms with Crippen molar-refractivity contribution >= 4 is 104 Å². The molecule has 1 aliphatic carbocycles. The summed E-state index contributed by atoms with van der Waals surface area (Å²) in [7, 11) is -21.9. The van der Waals surface area contributed by atoms with E-state index in [2.05, 4.69) is 30.6 Å². The third-order valence-corrected chi connectivity index (χ3v) is 14.7. The van der Waals surface area contributed by atoms with E-state index in [0.29, 0.717) is 18.2 Å². The molecule has 0 spiro atoms. The van der Waals surface area contributed by atoms with Crippen LogP contribution in [0.3, 0.4) is 0 Å². The molecule has 8 rings (SSSR count). The number of rotatable bonds is 19. The largest absolute Gasteiger partial charge is 0.478 e. The van der Waals surface area contributed by atoms with Crippen LogP contribution in [0.5, 0.6) is 11.8 Å². The Hall–Kier alpha value is -8.64. The molecule has 0 aliphatic heterocycles. The number of aliphatic hydroxyl groups excluding tert-OH is 2. The standard InChI is InChI=1S/C44H33N7O22S4/c52-10-8-51(9-11-53)43-48-42(49-44(50-43)73-22-13-20(40(57)58)12-21(14-22)41(59)60)46-27-16-26(29(75(64,65)66)18-30(27)76(67,68)69)45-28-17-31(77(70,71)72)36-34-32(24-6-1-2-7-25(24)38(55)33(28)34)35(39(56)47-36)37(54)19-4-3-5-23(15-19)74(61,62)63/h1-7,12-18,45,52-53H,8-11H2,(H,47,56)(H,57,58)(H,59,60)(H,61,62,63)(H,64,65,66)(H,67,68,69)(H,70,71,72)(H,46,48,49,50). The fraction of sp³-hybridized carbons (Fsp3) is 0.0909. The molecular weight excluding hydrogens is 1110 g/mol. The van der Waals surface area contributed by atoms with Crippen LogP contribution < -0.4 is 25.8 Å². The number of nitrogens with zero attached hydrogens (tertiary/aromatic N) is 4. The van der Waals surface area contributed by atoms with Crippen molar-refractivity contribution in [3.8, 4) is 22.9 Å². The van der Waals surface area contributed by atoms with Gasteiger partial charge in [-0.25, -0.2) is 9.59 Å². The predicted octanol–water partition coefficient (Wildman–Crippen LogP) is 2.61. The number of nitrogens with one attached hydrogen (secondary N) is 3. The summed E-state index contributed by atoms with van der Waals surface area (Å²) in [6, 6.07) is 11.7. The molecule has 0 radical (unpaired) electrons. The van der Waals surface area contributed by atoms with Crippen molar-refractivity contribution in [2.45, 2.75) is 19.6 Å². The van der Waals surface area contributed by atoms with Gasteiger partial charge in [-0.1, -0.05) is 36.4 Å². The molecule has 400 valence electrons. The number of benzene rings is 5. The van der Waals surface area contributed by atoms with Crippen molar-refractivity contribution in [2.75, 3.05) is 41.8 Å². The molecule has 2 aromatic heterocycles. The van der Waals surface area contributed by atoms with Gasteiger partial charge in [0.1, 0.15) is 20.4 Å². The Kier molecular flexibility index (Phi) is 14.3. The number of ketones is 2. The van der Waals surface area contributed by atoms with Crippen molar-refractivity contribution in [3.05, 3.63) is 129 Å². The number of aliphatic hydroxyl groups is 2. The van der Waals surface area contributed by atoms with Crippen LogP contribution in [0.25, 0.3) is 22.0 Å². The molecule has 2 heterocycles. The average molecular weight is 1140 g/mol. The normalized spacial score (nSPS) is 12.5. The Labute approximate surface area is 431 Å². The van der Waals surface area contributed by atoms with E-state index in [4.69, 9.17) is 4.74 Å². The molecule has 0 unspecified atom stereocenters. The molecule has 29 nitrogen and oxygen atoms in total. The molecule has 77 heavy (non-hydrogen) atoms. The number of H-pyrrole nitrogens is 1. The van der Waals surface area contributed by atoms with Crippen LogP contribution in [0.4, 0.5) is 29.0 Å². The number of ether oxygens (including phenoxy) is 1. The molecule has 1 aliphatic rings. The molecule has 0 amide bonds. The second-order valence-electron chi connectivity index (χ2n) is 16.1. The lowest BCUT2D eigenvalue weighted by Crippen LogP contribution is -2.31. The lowest BCUT2D eigenvalue weighted by molar-refractivity contribution is 0.0695. The van der Waals surface area contributed by atoms with Gasteiger partial charge < -0.3 is 45.7 Å². The highest BCUT2D eigenvalue weighted by Crippen LogP contribution is 2.47. The van der Waals surface area contributed by atoms with Gasteiger partial charge in [-0.05, 0) is 54.1 Å². The molecule has 0 saturated heterocycles. The summed E-state index contributed by atoms with van der Waals surface area (Å²) < 4.78 is 150. The monoisotopic (exact) mass is 1140 g/mol. The minimum atomic E-state index is -5.71. The van der Waals surface area contributed by atoms with E-state index in [1.165, 1.54) is 24.3 Å². The highest BCUT2D eigenvalue weighted by molar-refractivity contribution is 7.87. The van der Waals surface area contributed by atoms with E-state index < -0.39 is 187 Å². The minimum Gasteiger partial charge on any atom is -0.478 e. The number of aromatic nitrogens is 4. The Bertz CT molecular complexity index is 4230. The SMILES string of the molecule is O=C(O)c1cc(Oc2nc(Nc3cc(Nc4cc(S(=O)(=O)O)c5[nH]c(=O)c(C(=O)c6cccc(S(=O)(=O)O)c6)c6c5c4C(=O)c4ccccc4-6)c(S(=O)(=O)O)cc3S(=O)(=O)O)nc(N(CCO)CCO)n2)cc(C(=O)O)c1. The third-order valence-electron chi connectivity index (χ3n) is 11.2. The lowest BCUT2D eigenvalue weighted by atomic mass is 9.80. The molecule has 11 N–H and O–H groups in total. The predicted molar refractivity (Wildman–Crippen MR) is 262 cm³/mol. The molecule has 0 bridgehead atoms. The topological polar surface area (TPSA) is 475 Å². The van der Waals surface area contributed by atoms with Gasteiger partial charge in [-0.3, -0.25) is 32.6 Å². The molecule has 33 heteroatoms. The molecule has 5 aromatic carbocycles. The number of aromatic amines is 1. The van der Waals surface area contributed by atoms with Crippen LogP contribution in [-0.2, 0) is 40.5 Å². The second kappa shape index (κ2) is 20.1. The summed E-state index contributed by atoms with van der Waals surface area (Å²) in [5.74, 6) is -7.34. The first-order chi connectivity index (χ1) is 36.0. The molecule has 0 fully saturated rings. The molecule has 0 saturated carbocycles. The van der Waals surface area contributed by atoms with Gasteiger partial charge in [-0.2, -0.15) is 48.6 Å². The number of pyridine rings is 1. The molecule has 7 aromatic rings. The smallest absolute Gasteiger partial charge is 0.335 e. The van der Waals surface area contributed by atoms with E-state index in [9.17, 15) is 96.3 Å². The van der Waals surface area contributed by atoms with Crippen molar-refractivity contribution in [3.63, 3.8) is 0 Å². The zero-order valence-corrected chi connectivity index (χ0v) is 41.4. The van der Waals surface area contributed by atoms with E-state index >= 15 is 0 Å². The number of carbonyl (C=O) groups excluding carboxylic acids is 2. The Morgan fingerprint density at radius 3 is 1.74 bits per heavy atom. The van der Waals surface area contributed by atoms with Crippen molar-refractivity contribution in [2.24, 2.45) is 0 Å². The first kappa shape index (κ1) is 54.6. The fourth-order valence-corrected chi connectivity index (χ4v) is 10.6. The first-order valence-corrected chi connectivity index (χ1v) is 27.0. The van der Waals surface area contributed by atoms with Gasteiger partial charge in [0.05, 0.1) is 62.9 Å². The first-order valence-electron chi connectivity index (χ1n) is 21.2. The number of fused-ring (bicyclic) bond motifs is 2. The van der Waals surface area contributed by atoms with E-state index in [0.717, 1.165) is 41.3 Å². The van der Waals surface area contributed by atoms with E-state index in [-0.39, 0.29) is 30.3 Å². The number of hydrogen-bond donors (Lipinski definition) is 11. The second-order valence-corrected chi connectivity index (χ2v) is 21.7. The quantitative estimate of drug-likeness (QED) is 0.0409. The highest BCUT2D eigenvalue weighted by Gasteiger charge is 2.37. The average Bonchev–Trinajstić information content (AvgIpc) is 3.43. The van der Waals surface area contributed by atoms with E-state index in [1.54, 1.807) is 0 Å². The zero-order valence-electron chi connectivity index (χ0n) is 38.1. The van der Waals surface area contributed by atoms with Crippen LogP contribution in [0, 0.1) is 0 Å². The lowest BCUT2D eigenvalue weighted by Gasteiger charge is -2.26. The number of aromatic carboxylic acids is 2. The summed E-state index contributed by atoms with van der Waals surface area (Å²) in [6.45, 7) is -1.89. The van der Waals surface area contributed by atoms with Gasteiger partial charge in [0.15, 0.2) is 11.6 Å². The summed E-state index contributed by atoms with van der Waals surface area (Å²) in [5, 5.41) is 43.0. The van der Waals surface area contributed by atoms with Crippen LogP contribution in [0.1, 0.15) is 52.6 Å². The van der Waals surface area contributed by atoms with Crippen molar-refractivity contribution in [1.29, 1.82) is 0 Å². The van der Waals surface area contributed by atoms with Crippen LogP contribution in [-0.4, -0.2) is 142 Å². The molecule has 0 atom stereocenters. The maximum atomic E-state index is 14.7. The summed E-state index contributed by atoms with van der Waals surface area (Å²) in [6.07, 6.45) is 0. The number of carboxylic acid groups (broad SMARTS) is 2. The van der Waals surface area contributed by atoms with Gasteiger partial charge in [0.25, 0.3) is 46.0 Å². The van der Waals surface area contributed by atoms with Gasteiger partial charge >= 0.3 is 17.9 Å². The third kappa shape index (κ3) is 10.9.